The first-order chi connectivity index (χ1) is 5.59. The van der Waals surface area contributed by atoms with E-state index >= 15 is 0 Å². The monoisotopic (exact) mass is 186 g/mol. The van der Waals surface area contributed by atoms with Gasteiger partial charge in [0.2, 0.25) is 0 Å². The summed E-state index contributed by atoms with van der Waals surface area (Å²) < 4.78 is 0. The van der Waals surface area contributed by atoms with Gasteiger partial charge in [-0.1, -0.05) is 0 Å². The number of aryl methyl sites for hydroxylation is 1. The number of hydrogen-bond acceptors (Lipinski definition) is 4. The van der Waals surface area contributed by atoms with Crippen molar-refractivity contribution in [3.8, 4) is 0 Å². The molecule has 1 atom stereocenters. The maximum Gasteiger partial charge on any atom is 0.305 e. The molecule has 0 saturated heterocycles. The molecule has 66 valence electrons. The maximum atomic E-state index is 10.3. The van der Waals surface area contributed by atoms with Gasteiger partial charge in [0.25, 0.3) is 0 Å². The number of hydrogen-bond donors (Lipinski definition) is 2. The minimum Gasteiger partial charge on any atom is -0.481 e. The van der Waals surface area contributed by atoms with E-state index in [0.29, 0.717) is 5.69 Å². The van der Waals surface area contributed by atoms with Gasteiger partial charge in [0.05, 0.1) is 23.2 Å². The highest BCUT2D eigenvalue weighted by Gasteiger charge is 2.12. The Hall–Kier alpha value is -0.940. The highest BCUT2D eigenvalue weighted by molar-refractivity contribution is 7.09. The largest absolute Gasteiger partial charge is 0.481 e. The lowest BCUT2D eigenvalue weighted by Gasteiger charge is -2.03. The van der Waals surface area contributed by atoms with Gasteiger partial charge in [-0.2, -0.15) is 0 Å². The third-order valence-electron chi connectivity index (χ3n) is 1.41. The van der Waals surface area contributed by atoms with Crippen molar-refractivity contribution in [3.05, 3.63) is 16.1 Å². The van der Waals surface area contributed by atoms with Crippen molar-refractivity contribution in [2.75, 3.05) is 0 Å². The summed E-state index contributed by atoms with van der Waals surface area (Å²) in [6.45, 7) is 1.86. The predicted molar refractivity (Wildman–Crippen MR) is 46.0 cm³/mol. The Labute approximate surface area is 74.0 Å². The van der Waals surface area contributed by atoms with Crippen molar-refractivity contribution >= 4 is 17.3 Å². The lowest BCUT2D eigenvalue weighted by Crippen LogP contribution is -2.15. The first kappa shape index (κ1) is 9.15. The average Bonchev–Trinajstić information content (AvgIpc) is 2.34. The van der Waals surface area contributed by atoms with Crippen molar-refractivity contribution < 1.29 is 9.90 Å². The second kappa shape index (κ2) is 3.64. The fourth-order valence-corrected chi connectivity index (χ4v) is 1.52. The van der Waals surface area contributed by atoms with Gasteiger partial charge in [-0.15, -0.1) is 11.3 Å². The van der Waals surface area contributed by atoms with Crippen LogP contribution in [0.15, 0.2) is 5.38 Å². The maximum absolute atomic E-state index is 10.3. The standard InChI is InChI=1S/C7H10N2O2S/c1-4-9-6(3-12-4)5(8)2-7(10)11/h3,5H,2,8H2,1H3,(H,10,11)/t5-/m1/s1. The molecule has 0 bridgehead atoms. The van der Waals surface area contributed by atoms with E-state index in [-0.39, 0.29) is 6.42 Å². The molecule has 0 amide bonds. The molecule has 12 heavy (non-hydrogen) atoms. The molecule has 0 unspecified atom stereocenters. The molecule has 0 aliphatic heterocycles. The number of carbonyl (C=O) groups is 1. The molecule has 5 heteroatoms. The van der Waals surface area contributed by atoms with Crippen LogP contribution in [-0.4, -0.2) is 16.1 Å². The summed E-state index contributed by atoms with van der Waals surface area (Å²) in [5, 5.41) is 11.2. The minimum atomic E-state index is -0.895. The number of nitrogens with two attached hydrogens (primary N) is 1. The smallest absolute Gasteiger partial charge is 0.305 e. The van der Waals surface area contributed by atoms with E-state index in [9.17, 15) is 4.79 Å². The summed E-state index contributed by atoms with van der Waals surface area (Å²) in [4.78, 5) is 14.4. The number of thiazole rings is 1. The van der Waals surface area contributed by atoms with Crippen LogP contribution in [0.1, 0.15) is 23.2 Å². The lowest BCUT2D eigenvalue weighted by molar-refractivity contribution is -0.137. The van der Waals surface area contributed by atoms with E-state index < -0.39 is 12.0 Å². The molecular formula is C7H10N2O2S. The van der Waals surface area contributed by atoms with Crippen LogP contribution in [0.2, 0.25) is 0 Å². The van der Waals surface area contributed by atoms with Crippen LogP contribution in [0.5, 0.6) is 0 Å². The number of carboxylic acids is 1. The second-order valence-corrected chi connectivity index (χ2v) is 3.56. The quantitative estimate of drug-likeness (QED) is 0.736. The fraction of sp³-hybridized carbons (Fsp3) is 0.429. The molecule has 0 saturated carbocycles. The van der Waals surface area contributed by atoms with E-state index in [4.69, 9.17) is 10.8 Å². The summed E-state index contributed by atoms with van der Waals surface area (Å²) in [5.74, 6) is -0.895. The molecule has 4 nitrogen and oxygen atoms in total. The van der Waals surface area contributed by atoms with E-state index in [2.05, 4.69) is 4.98 Å². The van der Waals surface area contributed by atoms with Crippen LogP contribution in [0.25, 0.3) is 0 Å². The van der Waals surface area contributed by atoms with E-state index in [0.717, 1.165) is 5.01 Å². The van der Waals surface area contributed by atoms with Gasteiger partial charge in [0.15, 0.2) is 0 Å². The average molecular weight is 186 g/mol. The zero-order valence-electron chi connectivity index (χ0n) is 6.65. The zero-order chi connectivity index (χ0) is 9.14. The van der Waals surface area contributed by atoms with E-state index in [1.54, 1.807) is 5.38 Å². The Morgan fingerprint density at radius 3 is 3.00 bits per heavy atom. The van der Waals surface area contributed by atoms with Crippen LogP contribution >= 0.6 is 11.3 Å². The Bertz CT molecular complexity index is 285. The summed E-state index contributed by atoms with van der Waals surface area (Å²) in [5.41, 5.74) is 6.24. The lowest BCUT2D eigenvalue weighted by atomic mass is 10.2. The predicted octanol–water partition coefficient (Wildman–Crippen LogP) is 0.926. The number of rotatable bonds is 3. The Kier molecular flexibility index (Phi) is 2.78. The molecule has 0 fully saturated rings. The van der Waals surface area contributed by atoms with Gasteiger partial charge in [0.1, 0.15) is 0 Å². The van der Waals surface area contributed by atoms with Crippen molar-refractivity contribution in [1.82, 2.24) is 4.98 Å². The molecule has 0 spiro atoms. The van der Waals surface area contributed by atoms with Crippen molar-refractivity contribution in [2.24, 2.45) is 5.73 Å². The van der Waals surface area contributed by atoms with Gasteiger partial charge in [0, 0.05) is 5.38 Å². The Morgan fingerprint density at radius 1 is 1.92 bits per heavy atom. The van der Waals surface area contributed by atoms with E-state index in [1.165, 1.54) is 11.3 Å². The second-order valence-electron chi connectivity index (χ2n) is 2.50. The number of aliphatic carboxylic acids is 1. The molecule has 0 aliphatic rings. The normalized spacial score (nSPS) is 12.8. The molecule has 0 aromatic carbocycles. The minimum absolute atomic E-state index is 0.0663. The summed E-state index contributed by atoms with van der Waals surface area (Å²) >= 11 is 1.48. The van der Waals surface area contributed by atoms with Gasteiger partial charge < -0.3 is 10.8 Å². The van der Waals surface area contributed by atoms with Crippen LogP contribution in [0, 0.1) is 6.92 Å². The zero-order valence-corrected chi connectivity index (χ0v) is 7.47. The van der Waals surface area contributed by atoms with Crippen molar-refractivity contribution in [1.29, 1.82) is 0 Å². The highest BCUT2D eigenvalue weighted by atomic mass is 32.1. The number of nitrogens with zero attached hydrogens (tertiary/aromatic N) is 1. The van der Waals surface area contributed by atoms with E-state index in [1.807, 2.05) is 6.92 Å². The summed E-state index contributed by atoms with van der Waals surface area (Å²) in [7, 11) is 0. The molecule has 0 aliphatic carbocycles. The Morgan fingerprint density at radius 2 is 2.58 bits per heavy atom. The van der Waals surface area contributed by atoms with Crippen LogP contribution in [0.3, 0.4) is 0 Å². The first-order valence-electron chi connectivity index (χ1n) is 3.49. The highest BCUT2D eigenvalue weighted by Crippen LogP contribution is 2.16. The SMILES string of the molecule is Cc1nc([C@H](N)CC(=O)O)cs1. The van der Waals surface area contributed by atoms with Gasteiger partial charge in [-0.05, 0) is 6.92 Å². The number of carboxylic acid groups (broad SMARTS) is 1. The molecular weight excluding hydrogens is 176 g/mol. The molecule has 1 aromatic rings. The van der Waals surface area contributed by atoms with Crippen LogP contribution in [-0.2, 0) is 4.79 Å². The molecule has 3 N–H and O–H groups in total. The van der Waals surface area contributed by atoms with Crippen LogP contribution < -0.4 is 5.73 Å². The van der Waals surface area contributed by atoms with Gasteiger partial charge in [-0.25, -0.2) is 4.98 Å². The van der Waals surface area contributed by atoms with Crippen molar-refractivity contribution in [2.45, 2.75) is 19.4 Å². The third-order valence-corrected chi connectivity index (χ3v) is 2.20. The first-order valence-corrected chi connectivity index (χ1v) is 4.37. The van der Waals surface area contributed by atoms with Gasteiger partial charge in [-0.3, -0.25) is 4.79 Å². The van der Waals surface area contributed by atoms with Crippen LogP contribution in [0.4, 0.5) is 0 Å². The fourth-order valence-electron chi connectivity index (χ4n) is 0.843. The molecule has 1 aromatic heterocycles. The number of aromatic nitrogens is 1. The molecule has 0 radical (unpaired) electrons. The summed E-state index contributed by atoms with van der Waals surface area (Å²) in [6, 6.07) is -0.479. The van der Waals surface area contributed by atoms with Crippen molar-refractivity contribution in [3.63, 3.8) is 0 Å². The van der Waals surface area contributed by atoms with Gasteiger partial charge >= 0.3 is 5.97 Å². The third kappa shape index (κ3) is 2.28. The summed E-state index contributed by atoms with van der Waals surface area (Å²) in [6.07, 6.45) is -0.0663. The Balaban J connectivity index is 2.64. The molecule has 1 rings (SSSR count). The molecule has 1 heterocycles. The topological polar surface area (TPSA) is 76.2 Å².